The van der Waals surface area contributed by atoms with Gasteiger partial charge in [-0.15, -0.1) is 11.3 Å². The minimum Gasteiger partial charge on any atom is -0.444 e. The van der Waals surface area contributed by atoms with E-state index in [4.69, 9.17) is 4.74 Å². The molecule has 9 heteroatoms. The molecule has 2 rings (SSSR count). The highest BCUT2D eigenvalue weighted by atomic mass is 32.1. The summed E-state index contributed by atoms with van der Waals surface area (Å²) in [6.45, 7) is 7.91. The average Bonchev–Trinajstić information content (AvgIpc) is 3.20. The van der Waals surface area contributed by atoms with E-state index in [1.807, 2.05) is 11.4 Å². The first-order valence-electron chi connectivity index (χ1n) is 11.2. The molecule has 0 radical (unpaired) electrons. The second kappa shape index (κ2) is 12.7. The van der Waals surface area contributed by atoms with Crippen LogP contribution in [0.15, 0.2) is 29.6 Å². The van der Waals surface area contributed by atoms with Gasteiger partial charge in [0, 0.05) is 6.42 Å². The zero-order chi connectivity index (χ0) is 24.4. The lowest BCUT2D eigenvalue weighted by Gasteiger charge is -2.20. The summed E-state index contributed by atoms with van der Waals surface area (Å²) in [7, 11) is 0. The largest absolute Gasteiger partial charge is 0.444 e. The van der Waals surface area contributed by atoms with E-state index >= 15 is 0 Å². The number of rotatable bonds is 11. The number of aliphatic hydroxyl groups is 1. The van der Waals surface area contributed by atoms with Crippen LogP contribution in [0.1, 0.15) is 70.0 Å². The van der Waals surface area contributed by atoms with E-state index in [9.17, 15) is 19.1 Å². The summed E-state index contributed by atoms with van der Waals surface area (Å²) in [5.74, 6) is -0.798. The van der Waals surface area contributed by atoms with Crippen molar-refractivity contribution in [1.29, 1.82) is 0 Å². The molecule has 2 aromatic rings. The van der Waals surface area contributed by atoms with Crippen LogP contribution in [0.3, 0.4) is 0 Å². The van der Waals surface area contributed by atoms with Gasteiger partial charge in [0.05, 0.1) is 16.3 Å². The van der Waals surface area contributed by atoms with Gasteiger partial charge in [0.2, 0.25) is 5.91 Å². The summed E-state index contributed by atoms with van der Waals surface area (Å²) >= 11 is 1.54. The third-order valence-corrected chi connectivity index (χ3v) is 5.73. The summed E-state index contributed by atoms with van der Waals surface area (Å²) in [5, 5.41) is 20.5. The maximum absolute atomic E-state index is 13.7. The Balaban J connectivity index is 1.74. The molecule has 0 bridgehead atoms. The molecular formula is C24H34FN3O4S. The number of hydrogen-bond donors (Lipinski definition) is 4. The Morgan fingerprint density at radius 3 is 2.58 bits per heavy atom. The van der Waals surface area contributed by atoms with Gasteiger partial charge in [-0.25, -0.2) is 9.18 Å². The standard InChI is InChI=1S/C24H34FN3O4S/c1-5-16-12-14-33-21(16)22(30)26-13-8-6-7-9-20(29)27-19-15-17(25)10-11-18(19)28-23(31)32-24(2,3)4/h10-12,14-15,22,26,30H,5-9,13H2,1-4H3,(H,27,29)(H,28,31). The first-order chi connectivity index (χ1) is 15.6. The molecule has 1 aromatic carbocycles. The minimum atomic E-state index is -0.687. The summed E-state index contributed by atoms with van der Waals surface area (Å²) < 4.78 is 18.9. The number of benzene rings is 1. The van der Waals surface area contributed by atoms with E-state index < -0.39 is 23.7 Å². The van der Waals surface area contributed by atoms with Crippen LogP contribution < -0.4 is 16.0 Å². The average molecular weight is 480 g/mol. The first kappa shape index (κ1) is 26.8. The summed E-state index contributed by atoms with van der Waals surface area (Å²) in [4.78, 5) is 25.3. The van der Waals surface area contributed by atoms with Crippen molar-refractivity contribution in [3.63, 3.8) is 0 Å². The van der Waals surface area contributed by atoms with Crippen molar-refractivity contribution in [2.45, 2.75) is 71.6 Å². The van der Waals surface area contributed by atoms with Gasteiger partial charge in [-0.2, -0.15) is 0 Å². The molecule has 0 saturated carbocycles. The zero-order valence-electron chi connectivity index (χ0n) is 19.7. The monoisotopic (exact) mass is 479 g/mol. The molecule has 1 heterocycles. The van der Waals surface area contributed by atoms with Crippen molar-refractivity contribution >= 4 is 34.7 Å². The van der Waals surface area contributed by atoms with Crippen LogP contribution in [0.25, 0.3) is 0 Å². The second-order valence-corrected chi connectivity index (χ2v) is 9.64. The van der Waals surface area contributed by atoms with Gasteiger partial charge < -0.3 is 15.2 Å². The fourth-order valence-corrected chi connectivity index (χ4v) is 4.11. The minimum absolute atomic E-state index is 0.179. The fraction of sp³-hybridized carbons (Fsp3) is 0.500. The molecule has 33 heavy (non-hydrogen) atoms. The number of amides is 2. The summed E-state index contributed by atoms with van der Waals surface area (Å²) in [6.07, 6.45) is 2.03. The smallest absolute Gasteiger partial charge is 0.412 e. The number of carbonyl (C=O) groups is 2. The molecule has 0 spiro atoms. The van der Waals surface area contributed by atoms with Crippen molar-refractivity contribution in [2.24, 2.45) is 0 Å². The van der Waals surface area contributed by atoms with Crippen molar-refractivity contribution in [2.75, 3.05) is 17.2 Å². The molecule has 182 valence electrons. The highest BCUT2D eigenvalue weighted by molar-refractivity contribution is 7.10. The van der Waals surface area contributed by atoms with E-state index in [1.54, 1.807) is 20.8 Å². The maximum atomic E-state index is 13.7. The van der Waals surface area contributed by atoms with E-state index in [0.29, 0.717) is 13.0 Å². The van der Waals surface area contributed by atoms with Crippen LogP contribution in [0.4, 0.5) is 20.6 Å². The number of aliphatic hydroxyl groups excluding tert-OH is 1. The summed E-state index contributed by atoms with van der Waals surface area (Å²) in [5.41, 5.74) is 0.908. The van der Waals surface area contributed by atoms with Crippen LogP contribution in [-0.2, 0) is 16.0 Å². The Labute approximate surface area is 198 Å². The lowest BCUT2D eigenvalue weighted by Crippen LogP contribution is -2.27. The normalized spacial score (nSPS) is 12.3. The van der Waals surface area contributed by atoms with Gasteiger partial charge in [-0.3, -0.25) is 15.4 Å². The lowest BCUT2D eigenvalue weighted by atomic mass is 10.1. The number of hydrogen-bond acceptors (Lipinski definition) is 6. The highest BCUT2D eigenvalue weighted by Gasteiger charge is 2.18. The molecular weight excluding hydrogens is 445 g/mol. The Kier molecular flexibility index (Phi) is 10.3. The molecule has 1 unspecified atom stereocenters. The Morgan fingerprint density at radius 2 is 1.88 bits per heavy atom. The van der Waals surface area contributed by atoms with E-state index in [2.05, 4.69) is 22.9 Å². The van der Waals surface area contributed by atoms with Gasteiger partial charge in [-0.1, -0.05) is 13.3 Å². The predicted octanol–water partition coefficient (Wildman–Crippen LogP) is 5.58. The van der Waals surface area contributed by atoms with E-state index in [-0.39, 0.29) is 23.7 Å². The Morgan fingerprint density at radius 1 is 1.12 bits per heavy atom. The number of unbranched alkanes of at least 4 members (excludes halogenated alkanes) is 2. The highest BCUT2D eigenvalue weighted by Crippen LogP contribution is 2.25. The number of nitrogens with one attached hydrogen (secondary N) is 3. The molecule has 7 nitrogen and oxygen atoms in total. The van der Waals surface area contributed by atoms with Crippen LogP contribution in [-0.4, -0.2) is 29.3 Å². The molecule has 0 aliphatic rings. The van der Waals surface area contributed by atoms with Crippen molar-refractivity contribution in [3.05, 3.63) is 45.9 Å². The van der Waals surface area contributed by atoms with Crippen molar-refractivity contribution in [3.8, 4) is 0 Å². The molecule has 0 aliphatic carbocycles. The number of halogens is 1. The predicted molar refractivity (Wildman–Crippen MR) is 130 cm³/mol. The number of aryl methyl sites for hydroxylation is 1. The SMILES string of the molecule is CCc1ccsc1C(O)NCCCCCC(=O)Nc1cc(F)ccc1NC(=O)OC(C)(C)C. The molecule has 1 aromatic heterocycles. The van der Waals surface area contributed by atoms with Gasteiger partial charge >= 0.3 is 6.09 Å². The Hall–Kier alpha value is -2.49. The van der Waals surface area contributed by atoms with Gasteiger partial charge in [0.15, 0.2) is 0 Å². The quantitative estimate of drug-likeness (QED) is 0.249. The number of anilines is 2. The topological polar surface area (TPSA) is 99.7 Å². The molecule has 4 N–H and O–H groups in total. The second-order valence-electron chi connectivity index (χ2n) is 8.70. The van der Waals surface area contributed by atoms with Gasteiger partial charge in [0.1, 0.15) is 17.6 Å². The number of ether oxygens (including phenoxy) is 1. The lowest BCUT2D eigenvalue weighted by molar-refractivity contribution is -0.116. The maximum Gasteiger partial charge on any atom is 0.412 e. The zero-order valence-corrected chi connectivity index (χ0v) is 20.5. The Bertz CT molecular complexity index is 927. The molecule has 0 aliphatic heterocycles. The van der Waals surface area contributed by atoms with Crippen molar-refractivity contribution < 1.29 is 23.8 Å². The molecule has 1 atom stereocenters. The van der Waals surface area contributed by atoms with Gasteiger partial charge in [0.25, 0.3) is 0 Å². The van der Waals surface area contributed by atoms with Crippen molar-refractivity contribution in [1.82, 2.24) is 5.32 Å². The van der Waals surface area contributed by atoms with Crippen LogP contribution in [0, 0.1) is 5.82 Å². The van der Waals surface area contributed by atoms with E-state index in [0.717, 1.165) is 35.8 Å². The number of thiophene rings is 1. The molecule has 0 saturated heterocycles. The molecule has 2 amide bonds. The van der Waals surface area contributed by atoms with Gasteiger partial charge in [-0.05, 0) is 81.8 Å². The third-order valence-electron chi connectivity index (χ3n) is 4.72. The van der Waals surface area contributed by atoms with E-state index in [1.165, 1.54) is 23.5 Å². The first-order valence-corrected chi connectivity index (χ1v) is 12.0. The van der Waals surface area contributed by atoms with Crippen LogP contribution in [0.5, 0.6) is 0 Å². The van der Waals surface area contributed by atoms with Crippen LogP contribution >= 0.6 is 11.3 Å². The number of carbonyl (C=O) groups excluding carboxylic acids is 2. The fourth-order valence-electron chi connectivity index (χ4n) is 3.15. The molecule has 0 fully saturated rings. The van der Waals surface area contributed by atoms with Crippen LogP contribution in [0.2, 0.25) is 0 Å². The third kappa shape index (κ3) is 9.49. The summed E-state index contributed by atoms with van der Waals surface area (Å²) in [6, 6.07) is 5.76.